The Morgan fingerprint density at radius 2 is 1.73 bits per heavy atom. The van der Waals surface area contributed by atoms with Crippen molar-refractivity contribution in [1.82, 2.24) is 9.80 Å². The highest BCUT2D eigenvalue weighted by molar-refractivity contribution is 5.75. The van der Waals surface area contributed by atoms with Crippen molar-refractivity contribution in [3.63, 3.8) is 0 Å². The zero-order valence-electron chi connectivity index (χ0n) is 10.5. The highest BCUT2D eigenvalue weighted by Gasteiger charge is 2.06. The number of hydrogen-bond acceptors (Lipinski definition) is 3. The highest BCUT2D eigenvalue weighted by Crippen LogP contribution is 1.94. The van der Waals surface area contributed by atoms with Crippen molar-refractivity contribution in [3.8, 4) is 0 Å². The molecular weight excluding hydrogens is 192 g/mol. The van der Waals surface area contributed by atoms with Crippen LogP contribution in [0.25, 0.3) is 0 Å². The third kappa shape index (κ3) is 8.39. The second kappa shape index (κ2) is 8.68. The molecule has 0 N–H and O–H groups in total. The summed E-state index contributed by atoms with van der Waals surface area (Å²) in [6, 6.07) is 0. The predicted molar refractivity (Wildman–Crippen MR) is 61.9 cm³/mol. The Hall–Kier alpha value is -0.610. The first-order chi connectivity index (χ1) is 7.07. The number of carbonyl (C=O) groups is 1. The molecule has 4 nitrogen and oxygen atoms in total. The van der Waals surface area contributed by atoms with Crippen LogP contribution in [0.2, 0.25) is 0 Å². The van der Waals surface area contributed by atoms with Crippen molar-refractivity contribution in [2.75, 3.05) is 47.4 Å². The van der Waals surface area contributed by atoms with E-state index in [2.05, 4.69) is 4.90 Å². The first-order valence-corrected chi connectivity index (χ1v) is 5.54. The van der Waals surface area contributed by atoms with E-state index in [1.165, 1.54) is 0 Å². The Bertz CT molecular complexity index is 172. The van der Waals surface area contributed by atoms with Crippen LogP contribution in [0.5, 0.6) is 0 Å². The van der Waals surface area contributed by atoms with Crippen LogP contribution in [0.1, 0.15) is 19.8 Å². The van der Waals surface area contributed by atoms with Crippen LogP contribution >= 0.6 is 0 Å². The summed E-state index contributed by atoms with van der Waals surface area (Å²) in [6.45, 7) is 4.97. The van der Waals surface area contributed by atoms with Gasteiger partial charge in [0, 0.05) is 26.6 Å². The SMILES string of the molecule is CCCC(=O)N(C)CCOCCN(C)C. The lowest BCUT2D eigenvalue weighted by atomic mass is 10.3. The quantitative estimate of drug-likeness (QED) is 0.563. The van der Waals surface area contributed by atoms with E-state index in [0.717, 1.165) is 19.6 Å². The molecule has 0 saturated heterocycles. The molecule has 0 aromatic heterocycles. The van der Waals surface area contributed by atoms with E-state index in [1.807, 2.05) is 28.1 Å². The van der Waals surface area contributed by atoms with Gasteiger partial charge in [-0.05, 0) is 20.5 Å². The van der Waals surface area contributed by atoms with Crippen molar-refractivity contribution < 1.29 is 9.53 Å². The summed E-state index contributed by atoms with van der Waals surface area (Å²) in [5, 5.41) is 0. The molecule has 0 unspecified atom stereocenters. The first-order valence-electron chi connectivity index (χ1n) is 5.54. The molecule has 0 saturated carbocycles. The maximum absolute atomic E-state index is 11.4. The summed E-state index contributed by atoms with van der Waals surface area (Å²) in [6.07, 6.45) is 1.54. The van der Waals surface area contributed by atoms with Crippen LogP contribution in [0.4, 0.5) is 0 Å². The molecule has 0 aliphatic rings. The minimum absolute atomic E-state index is 0.203. The number of nitrogens with zero attached hydrogens (tertiary/aromatic N) is 2. The molecule has 0 aromatic rings. The lowest BCUT2D eigenvalue weighted by molar-refractivity contribution is -0.130. The van der Waals surface area contributed by atoms with Crippen LogP contribution in [0.15, 0.2) is 0 Å². The molecule has 0 heterocycles. The van der Waals surface area contributed by atoms with Gasteiger partial charge in [0.25, 0.3) is 0 Å². The summed E-state index contributed by atoms with van der Waals surface area (Å²) in [7, 11) is 5.85. The fourth-order valence-electron chi connectivity index (χ4n) is 1.08. The monoisotopic (exact) mass is 216 g/mol. The Labute approximate surface area is 93.2 Å². The topological polar surface area (TPSA) is 32.8 Å². The fraction of sp³-hybridized carbons (Fsp3) is 0.909. The lowest BCUT2D eigenvalue weighted by Crippen LogP contribution is -2.30. The minimum atomic E-state index is 0.203. The van der Waals surface area contributed by atoms with E-state index >= 15 is 0 Å². The Morgan fingerprint density at radius 1 is 1.13 bits per heavy atom. The van der Waals surface area contributed by atoms with Gasteiger partial charge in [0.05, 0.1) is 13.2 Å². The van der Waals surface area contributed by atoms with Crippen molar-refractivity contribution in [2.24, 2.45) is 0 Å². The minimum Gasteiger partial charge on any atom is -0.378 e. The van der Waals surface area contributed by atoms with Crippen LogP contribution in [-0.4, -0.2) is 63.2 Å². The molecule has 0 fully saturated rings. The standard InChI is InChI=1S/C11H24N2O2/c1-5-6-11(14)13(4)8-10-15-9-7-12(2)3/h5-10H2,1-4H3. The molecule has 0 rings (SSSR count). The van der Waals surface area contributed by atoms with E-state index in [1.54, 1.807) is 4.90 Å². The normalized spacial score (nSPS) is 10.7. The van der Waals surface area contributed by atoms with Gasteiger partial charge in [-0.2, -0.15) is 0 Å². The molecule has 15 heavy (non-hydrogen) atoms. The van der Waals surface area contributed by atoms with Gasteiger partial charge in [-0.3, -0.25) is 4.79 Å². The average Bonchev–Trinajstić information content (AvgIpc) is 2.16. The van der Waals surface area contributed by atoms with Gasteiger partial charge in [0.2, 0.25) is 5.91 Å². The largest absolute Gasteiger partial charge is 0.378 e. The van der Waals surface area contributed by atoms with Crippen molar-refractivity contribution in [1.29, 1.82) is 0 Å². The van der Waals surface area contributed by atoms with E-state index in [-0.39, 0.29) is 5.91 Å². The lowest BCUT2D eigenvalue weighted by Gasteiger charge is -2.17. The van der Waals surface area contributed by atoms with Gasteiger partial charge < -0.3 is 14.5 Å². The summed E-state index contributed by atoms with van der Waals surface area (Å²) < 4.78 is 5.41. The number of ether oxygens (including phenoxy) is 1. The molecule has 0 spiro atoms. The molecule has 90 valence electrons. The van der Waals surface area contributed by atoms with Crippen molar-refractivity contribution >= 4 is 5.91 Å². The summed E-state index contributed by atoms with van der Waals surface area (Å²) >= 11 is 0. The van der Waals surface area contributed by atoms with Gasteiger partial charge in [0.1, 0.15) is 0 Å². The number of carbonyl (C=O) groups excluding carboxylic acids is 1. The zero-order chi connectivity index (χ0) is 11.7. The summed E-state index contributed by atoms with van der Waals surface area (Å²) in [5.74, 6) is 0.203. The summed E-state index contributed by atoms with van der Waals surface area (Å²) in [4.78, 5) is 15.2. The molecule has 0 bridgehead atoms. The van der Waals surface area contributed by atoms with E-state index in [9.17, 15) is 4.79 Å². The smallest absolute Gasteiger partial charge is 0.222 e. The maximum atomic E-state index is 11.4. The predicted octanol–water partition coefficient (Wildman–Crippen LogP) is 0.823. The Morgan fingerprint density at radius 3 is 2.27 bits per heavy atom. The zero-order valence-corrected chi connectivity index (χ0v) is 10.5. The summed E-state index contributed by atoms with van der Waals surface area (Å²) in [5.41, 5.74) is 0. The van der Waals surface area contributed by atoms with Crippen LogP contribution < -0.4 is 0 Å². The third-order valence-electron chi connectivity index (χ3n) is 2.14. The number of amides is 1. The Kier molecular flexibility index (Phi) is 8.33. The van der Waals surface area contributed by atoms with E-state index in [4.69, 9.17) is 4.74 Å². The van der Waals surface area contributed by atoms with Crippen LogP contribution in [0, 0.1) is 0 Å². The highest BCUT2D eigenvalue weighted by atomic mass is 16.5. The van der Waals surface area contributed by atoms with Gasteiger partial charge in [-0.25, -0.2) is 0 Å². The molecule has 4 heteroatoms. The fourth-order valence-corrected chi connectivity index (χ4v) is 1.08. The Balaban J connectivity index is 3.38. The maximum Gasteiger partial charge on any atom is 0.222 e. The number of rotatable bonds is 8. The molecular formula is C11H24N2O2. The van der Waals surface area contributed by atoms with E-state index < -0.39 is 0 Å². The third-order valence-corrected chi connectivity index (χ3v) is 2.14. The molecule has 0 aromatic carbocycles. The molecule has 0 atom stereocenters. The van der Waals surface area contributed by atoms with E-state index in [0.29, 0.717) is 19.6 Å². The van der Waals surface area contributed by atoms with Crippen molar-refractivity contribution in [3.05, 3.63) is 0 Å². The van der Waals surface area contributed by atoms with Gasteiger partial charge in [-0.15, -0.1) is 0 Å². The van der Waals surface area contributed by atoms with Gasteiger partial charge in [-0.1, -0.05) is 6.92 Å². The van der Waals surface area contributed by atoms with Crippen LogP contribution in [-0.2, 0) is 9.53 Å². The number of hydrogen-bond donors (Lipinski definition) is 0. The van der Waals surface area contributed by atoms with Gasteiger partial charge >= 0.3 is 0 Å². The second-order valence-electron chi connectivity index (χ2n) is 3.98. The first kappa shape index (κ1) is 14.4. The van der Waals surface area contributed by atoms with Gasteiger partial charge in [0.15, 0.2) is 0 Å². The van der Waals surface area contributed by atoms with Crippen LogP contribution in [0.3, 0.4) is 0 Å². The molecule has 0 aliphatic heterocycles. The molecule has 0 aliphatic carbocycles. The number of likely N-dealkylation sites (N-methyl/N-ethyl adjacent to an activating group) is 2. The average molecular weight is 216 g/mol. The second-order valence-corrected chi connectivity index (χ2v) is 3.98. The molecule has 1 amide bonds. The van der Waals surface area contributed by atoms with Crippen molar-refractivity contribution in [2.45, 2.75) is 19.8 Å². The molecule has 0 radical (unpaired) electrons.